The molecular weight excluding hydrogens is 237 g/mol. The number of amides is 1. The van der Waals surface area contributed by atoms with E-state index in [9.17, 15) is 14.0 Å². The molecule has 1 amide bonds. The fourth-order valence-electron chi connectivity index (χ4n) is 1.48. The van der Waals surface area contributed by atoms with Gasteiger partial charge in [-0.25, -0.2) is 9.18 Å². The highest BCUT2D eigenvalue weighted by atomic mass is 19.1. The van der Waals surface area contributed by atoms with Gasteiger partial charge < -0.3 is 10.1 Å². The average molecular weight is 253 g/mol. The third kappa shape index (κ3) is 3.55. The zero-order valence-corrected chi connectivity index (χ0v) is 10.6. The van der Waals surface area contributed by atoms with E-state index < -0.39 is 23.7 Å². The number of halogens is 1. The number of nitrogens with one attached hydrogen (secondary N) is 1. The van der Waals surface area contributed by atoms with Gasteiger partial charge in [-0.1, -0.05) is 19.9 Å². The van der Waals surface area contributed by atoms with Crippen LogP contribution in [0.25, 0.3) is 0 Å². The molecule has 98 valence electrons. The molecule has 0 fully saturated rings. The van der Waals surface area contributed by atoms with Crippen LogP contribution in [0.2, 0.25) is 0 Å². The maximum atomic E-state index is 13.0. The summed E-state index contributed by atoms with van der Waals surface area (Å²) in [7, 11) is 1.26. The number of ether oxygens (including phenoxy) is 1. The lowest BCUT2D eigenvalue weighted by atomic mass is 10.0. The molecule has 1 rings (SSSR count). The second kappa shape index (κ2) is 6.14. The molecule has 1 aromatic carbocycles. The Morgan fingerprint density at radius 3 is 2.50 bits per heavy atom. The maximum Gasteiger partial charge on any atom is 0.328 e. The fraction of sp³-hybridized carbons (Fsp3) is 0.385. The van der Waals surface area contributed by atoms with Crippen molar-refractivity contribution < 1.29 is 18.7 Å². The van der Waals surface area contributed by atoms with Crippen molar-refractivity contribution in [3.63, 3.8) is 0 Å². The van der Waals surface area contributed by atoms with Crippen molar-refractivity contribution >= 4 is 11.9 Å². The summed E-state index contributed by atoms with van der Waals surface area (Å²) in [4.78, 5) is 23.3. The minimum absolute atomic E-state index is 0.116. The van der Waals surface area contributed by atoms with Gasteiger partial charge in [0.15, 0.2) is 0 Å². The molecule has 0 aliphatic carbocycles. The van der Waals surface area contributed by atoms with Crippen LogP contribution in [0.1, 0.15) is 24.2 Å². The predicted octanol–water partition coefficient (Wildman–Crippen LogP) is 1.75. The normalized spacial score (nSPS) is 12.1. The first-order valence-electron chi connectivity index (χ1n) is 5.60. The van der Waals surface area contributed by atoms with Crippen molar-refractivity contribution in [2.45, 2.75) is 19.9 Å². The molecule has 0 aliphatic heterocycles. The Kier molecular flexibility index (Phi) is 4.83. The number of rotatable bonds is 4. The number of hydrogen-bond acceptors (Lipinski definition) is 3. The van der Waals surface area contributed by atoms with Crippen LogP contribution in [0.3, 0.4) is 0 Å². The van der Waals surface area contributed by atoms with Crippen molar-refractivity contribution in [3.05, 3.63) is 35.6 Å². The molecule has 0 unspecified atom stereocenters. The molecule has 18 heavy (non-hydrogen) atoms. The topological polar surface area (TPSA) is 55.4 Å². The first-order valence-corrected chi connectivity index (χ1v) is 5.60. The van der Waals surface area contributed by atoms with E-state index in [0.29, 0.717) is 0 Å². The van der Waals surface area contributed by atoms with Gasteiger partial charge in [-0.05, 0) is 24.1 Å². The van der Waals surface area contributed by atoms with E-state index in [-0.39, 0.29) is 11.5 Å². The Bertz CT molecular complexity index is 446. The van der Waals surface area contributed by atoms with Crippen molar-refractivity contribution in [2.24, 2.45) is 5.92 Å². The van der Waals surface area contributed by atoms with Crippen LogP contribution >= 0.6 is 0 Å². The number of benzene rings is 1. The summed E-state index contributed by atoms with van der Waals surface area (Å²) in [5, 5.41) is 2.53. The largest absolute Gasteiger partial charge is 0.467 e. The highest BCUT2D eigenvalue weighted by molar-refractivity contribution is 5.96. The van der Waals surface area contributed by atoms with E-state index >= 15 is 0 Å². The number of hydrogen-bond donors (Lipinski definition) is 1. The van der Waals surface area contributed by atoms with Crippen LogP contribution < -0.4 is 5.32 Å². The van der Waals surface area contributed by atoms with Gasteiger partial charge in [0.25, 0.3) is 5.91 Å². The van der Waals surface area contributed by atoms with Crippen LogP contribution in [0.4, 0.5) is 4.39 Å². The smallest absolute Gasteiger partial charge is 0.328 e. The molecule has 0 heterocycles. The van der Waals surface area contributed by atoms with Crippen molar-refractivity contribution in [2.75, 3.05) is 7.11 Å². The molecule has 1 N–H and O–H groups in total. The Hall–Kier alpha value is -1.91. The van der Waals surface area contributed by atoms with Gasteiger partial charge in [0, 0.05) is 5.56 Å². The Balaban J connectivity index is 2.82. The van der Waals surface area contributed by atoms with Gasteiger partial charge >= 0.3 is 5.97 Å². The molecule has 0 spiro atoms. The minimum atomic E-state index is -0.745. The Morgan fingerprint density at radius 2 is 2.00 bits per heavy atom. The summed E-state index contributed by atoms with van der Waals surface area (Å²) in [6, 6.07) is 4.53. The molecule has 0 saturated carbocycles. The average Bonchev–Trinajstić information content (AvgIpc) is 2.34. The van der Waals surface area contributed by atoms with E-state index in [1.54, 1.807) is 13.8 Å². The summed E-state index contributed by atoms with van der Waals surface area (Å²) < 4.78 is 17.6. The van der Waals surface area contributed by atoms with Crippen LogP contribution in [0.15, 0.2) is 24.3 Å². The third-order valence-electron chi connectivity index (χ3n) is 2.50. The molecule has 0 aliphatic rings. The standard InChI is InChI=1S/C13H16FNO3/c1-8(2)11(13(17)18-3)15-12(16)9-5-4-6-10(14)7-9/h4-8,11H,1-3H3,(H,15,16)/t11-/m1/s1. The summed E-state index contributed by atoms with van der Waals surface area (Å²) in [6.45, 7) is 3.57. The Morgan fingerprint density at radius 1 is 1.33 bits per heavy atom. The number of esters is 1. The molecule has 1 aromatic rings. The molecule has 1 atom stereocenters. The SMILES string of the molecule is COC(=O)[C@H](NC(=O)c1cccc(F)c1)C(C)C. The van der Waals surface area contributed by atoms with Gasteiger partial charge in [-0.3, -0.25) is 4.79 Å². The third-order valence-corrected chi connectivity index (χ3v) is 2.50. The molecule has 5 heteroatoms. The van der Waals surface area contributed by atoms with E-state index in [0.717, 1.165) is 6.07 Å². The molecule has 0 radical (unpaired) electrons. The van der Waals surface area contributed by atoms with E-state index in [4.69, 9.17) is 0 Å². The second-order valence-electron chi connectivity index (χ2n) is 4.23. The van der Waals surface area contributed by atoms with Crippen molar-refractivity contribution in [1.82, 2.24) is 5.32 Å². The maximum absolute atomic E-state index is 13.0. The zero-order valence-electron chi connectivity index (χ0n) is 10.6. The van der Waals surface area contributed by atoms with Crippen LogP contribution in [0, 0.1) is 11.7 Å². The summed E-state index contributed by atoms with van der Waals surface area (Å²) in [5.74, 6) is -1.63. The monoisotopic (exact) mass is 253 g/mol. The van der Waals surface area contributed by atoms with E-state index in [1.807, 2.05) is 0 Å². The molecular formula is C13H16FNO3. The highest BCUT2D eigenvalue weighted by Gasteiger charge is 2.25. The number of carbonyl (C=O) groups excluding carboxylic acids is 2. The number of methoxy groups -OCH3 is 1. The van der Waals surface area contributed by atoms with Gasteiger partial charge in [0.2, 0.25) is 0 Å². The first-order chi connectivity index (χ1) is 8.45. The lowest BCUT2D eigenvalue weighted by Gasteiger charge is -2.19. The first kappa shape index (κ1) is 14.2. The van der Waals surface area contributed by atoms with Gasteiger partial charge in [0.1, 0.15) is 11.9 Å². The van der Waals surface area contributed by atoms with Crippen LogP contribution in [0.5, 0.6) is 0 Å². The van der Waals surface area contributed by atoms with Crippen LogP contribution in [-0.2, 0) is 9.53 Å². The van der Waals surface area contributed by atoms with Crippen molar-refractivity contribution in [1.29, 1.82) is 0 Å². The van der Waals surface area contributed by atoms with Gasteiger partial charge in [0.05, 0.1) is 7.11 Å². The van der Waals surface area contributed by atoms with E-state index in [1.165, 1.54) is 25.3 Å². The minimum Gasteiger partial charge on any atom is -0.467 e. The lowest BCUT2D eigenvalue weighted by Crippen LogP contribution is -2.45. The Labute approximate surface area is 105 Å². The predicted molar refractivity (Wildman–Crippen MR) is 64.5 cm³/mol. The van der Waals surface area contributed by atoms with Gasteiger partial charge in [-0.2, -0.15) is 0 Å². The molecule has 0 saturated heterocycles. The van der Waals surface area contributed by atoms with E-state index in [2.05, 4.69) is 10.1 Å². The molecule has 4 nitrogen and oxygen atoms in total. The van der Waals surface area contributed by atoms with Gasteiger partial charge in [-0.15, -0.1) is 0 Å². The number of carbonyl (C=O) groups is 2. The highest BCUT2D eigenvalue weighted by Crippen LogP contribution is 2.07. The molecule has 0 aromatic heterocycles. The van der Waals surface area contributed by atoms with Crippen molar-refractivity contribution in [3.8, 4) is 0 Å². The quantitative estimate of drug-likeness (QED) is 0.832. The van der Waals surface area contributed by atoms with Crippen LogP contribution in [-0.4, -0.2) is 25.0 Å². The fourth-order valence-corrected chi connectivity index (χ4v) is 1.48. The second-order valence-corrected chi connectivity index (χ2v) is 4.23. The lowest BCUT2D eigenvalue weighted by molar-refractivity contribution is -0.144. The summed E-state index contributed by atoms with van der Waals surface area (Å²) >= 11 is 0. The summed E-state index contributed by atoms with van der Waals surface area (Å²) in [5.41, 5.74) is 0.171. The summed E-state index contributed by atoms with van der Waals surface area (Å²) in [6.07, 6.45) is 0. The zero-order chi connectivity index (χ0) is 13.7. The molecule has 0 bridgehead atoms.